The Bertz CT molecular complexity index is 833. The van der Waals surface area contributed by atoms with E-state index in [2.05, 4.69) is 5.32 Å². The molecule has 0 spiro atoms. The summed E-state index contributed by atoms with van der Waals surface area (Å²) in [7, 11) is 0. The van der Waals surface area contributed by atoms with Crippen molar-refractivity contribution in [1.82, 2.24) is 4.90 Å². The number of para-hydroxylation sites is 1. The van der Waals surface area contributed by atoms with Crippen molar-refractivity contribution in [2.75, 3.05) is 36.4 Å². The van der Waals surface area contributed by atoms with E-state index >= 15 is 0 Å². The lowest BCUT2D eigenvalue weighted by molar-refractivity contribution is -0.137. The highest BCUT2D eigenvalue weighted by Gasteiger charge is 2.34. The largest absolute Gasteiger partial charge is 0.417 e. The molecule has 1 saturated heterocycles. The fourth-order valence-corrected chi connectivity index (χ4v) is 3.23. The fraction of sp³-hybridized carbons (Fsp3) is 0.316. The number of carbonyl (C=O) groups is 1. The second kappa shape index (κ2) is 7.68. The number of nitrogens with zero attached hydrogens (tertiary/aromatic N) is 2. The van der Waals surface area contributed by atoms with Gasteiger partial charge >= 0.3 is 12.2 Å². The number of amides is 2. The Balaban J connectivity index is 1.64. The highest BCUT2D eigenvalue weighted by molar-refractivity contribution is 6.31. The molecule has 4 nitrogen and oxygen atoms in total. The van der Waals surface area contributed by atoms with Crippen LogP contribution in [0.15, 0.2) is 42.5 Å². The molecule has 1 heterocycles. The first-order valence-corrected chi connectivity index (χ1v) is 8.87. The third kappa shape index (κ3) is 4.47. The Kier molecular flexibility index (Phi) is 5.51. The van der Waals surface area contributed by atoms with Gasteiger partial charge in [0.15, 0.2) is 0 Å². The van der Waals surface area contributed by atoms with E-state index in [1.54, 1.807) is 11.0 Å². The van der Waals surface area contributed by atoms with Gasteiger partial charge < -0.3 is 15.1 Å². The van der Waals surface area contributed by atoms with Crippen LogP contribution in [-0.2, 0) is 6.18 Å². The molecule has 0 radical (unpaired) electrons. The van der Waals surface area contributed by atoms with Gasteiger partial charge in [0, 0.05) is 37.6 Å². The smallest absolute Gasteiger partial charge is 0.368 e. The third-order valence-electron chi connectivity index (χ3n) is 4.57. The van der Waals surface area contributed by atoms with Gasteiger partial charge in [-0.2, -0.15) is 13.2 Å². The van der Waals surface area contributed by atoms with Gasteiger partial charge in [-0.05, 0) is 36.8 Å². The molecule has 1 aliphatic rings. The van der Waals surface area contributed by atoms with Crippen molar-refractivity contribution >= 4 is 29.0 Å². The van der Waals surface area contributed by atoms with Gasteiger partial charge in [0.1, 0.15) is 0 Å². The van der Waals surface area contributed by atoms with Crippen molar-refractivity contribution in [2.24, 2.45) is 0 Å². The number of carbonyl (C=O) groups excluding carboxylic acids is 1. The van der Waals surface area contributed by atoms with Crippen molar-refractivity contribution in [1.29, 1.82) is 0 Å². The third-order valence-corrected chi connectivity index (χ3v) is 4.90. The number of nitrogens with one attached hydrogen (secondary N) is 1. The van der Waals surface area contributed by atoms with Crippen molar-refractivity contribution in [3.8, 4) is 0 Å². The molecule has 2 aromatic carbocycles. The van der Waals surface area contributed by atoms with Gasteiger partial charge in [0.2, 0.25) is 0 Å². The molecule has 1 fully saturated rings. The zero-order valence-corrected chi connectivity index (χ0v) is 15.4. The molecule has 8 heteroatoms. The Morgan fingerprint density at radius 3 is 2.37 bits per heavy atom. The van der Waals surface area contributed by atoms with Gasteiger partial charge in [-0.15, -0.1) is 0 Å². The predicted octanol–water partition coefficient (Wildman–Crippen LogP) is 5.02. The number of hydrogen-bond donors (Lipinski definition) is 1. The molecule has 0 unspecified atom stereocenters. The second-order valence-corrected chi connectivity index (χ2v) is 6.79. The summed E-state index contributed by atoms with van der Waals surface area (Å²) in [6.07, 6.45) is -4.50. The molecule has 3 rings (SSSR count). The highest BCUT2D eigenvalue weighted by Crippen LogP contribution is 2.37. The number of urea groups is 1. The zero-order valence-electron chi connectivity index (χ0n) is 14.7. The maximum Gasteiger partial charge on any atom is 0.417 e. The summed E-state index contributed by atoms with van der Waals surface area (Å²) in [4.78, 5) is 15.9. The highest BCUT2D eigenvalue weighted by atomic mass is 35.5. The molecular weight excluding hydrogens is 379 g/mol. The van der Waals surface area contributed by atoms with E-state index in [0.717, 1.165) is 17.3 Å². The number of alkyl halides is 3. The van der Waals surface area contributed by atoms with Gasteiger partial charge in [-0.1, -0.05) is 29.8 Å². The lowest BCUT2D eigenvalue weighted by Crippen LogP contribution is -2.50. The second-order valence-electron chi connectivity index (χ2n) is 6.38. The molecule has 1 aliphatic heterocycles. The molecule has 0 atom stereocenters. The normalized spacial score (nSPS) is 15.0. The number of benzene rings is 2. The van der Waals surface area contributed by atoms with E-state index in [-0.39, 0.29) is 11.1 Å². The minimum absolute atomic E-state index is 0.212. The van der Waals surface area contributed by atoms with Crippen LogP contribution in [0.25, 0.3) is 0 Å². The first-order chi connectivity index (χ1) is 12.8. The van der Waals surface area contributed by atoms with Crippen molar-refractivity contribution in [3.05, 3.63) is 58.6 Å². The molecule has 0 aliphatic carbocycles. The molecular formula is C19H19ClF3N3O. The molecule has 2 amide bonds. The molecule has 0 saturated carbocycles. The Morgan fingerprint density at radius 1 is 1.07 bits per heavy atom. The summed E-state index contributed by atoms with van der Waals surface area (Å²) in [6, 6.07) is 11.2. The molecule has 27 heavy (non-hydrogen) atoms. The summed E-state index contributed by atoms with van der Waals surface area (Å²) in [5, 5.41) is 2.56. The first-order valence-electron chi connectivity index (χ1n) is 8.49. The number of halogens is 4. The topological polar surface area (TPSA) is 35.6 Å². The summed E-state index contributed by atoms with van der Waals surface area (Å²) < 4.78 is 39.1. The minimum atomic E-state index is -4.50. The van der Waals surface area contributed by atoms with E-state index in [0.29, 0.717) is 31.9 Å². The van der Waals surface area contributed by atoms with E-state index in [1.807, 2.05) is 36.1 Å². The van der Waals surface area contributed by atoms with Crippen LogP contribution in [0, 0.1) is 6.92 Å². The quantitative estimate of drug-likeness (QED) is 0.772. The van der Waals surface area contributed by atoms with Crippen molar-refractivity contribution in [2.45, 2.75) is 13.1 Å². The van der Waals surface area contributed by atoms with Crippen LogP contribution in [0.5, 0.6) is 0 Å². The van der Waals surface area contributed by atoms with Crippen molar-refractivity contribution in [3.63, 3.8) is 0 Å². The van der Waals surface area contributed by atoms with E-state index in [1.165, 1.54) is 6.07 Å². The van der Waals surface area contributed by atoms with Crippen LogP contribution >= 0.6 is 11.6 Å². The van der Waals surface area contributed by atoms with Crippen LogP contribution < -0.4 is 10.2 Å². The predicted molar refractivity (Wildman–Crippen MR) is 100 cm³/mol. The van der Waals surface area contributed by atoms with Gasteiger partial charge in [0.05, 0.1) is 10.6 Å². The van der Waals surface area contributed by atoms with Crippen LogP contribution in [0.4, 0.5) is 29.3 Å². The van der Waals surface area contributed by atoms with Crippen LogP contribution in [0.2, 0.25) is 5.02 Å². The summed E-state index contributed by atoms with van der Waals surface area (Å²) in [5.41, 5.74) is 1.31. The summed E-state index contributed by atoms with van der Waals surface area (Å²) >= 11 is 5.67. The number of hydrogen-bond acceptors (Lipinski definition) is 2. The number of aryl methyl sites for hydroxylation is 1. The summed E-state index contributed by atoms with van der Waals surface area (Å²) in [5.74, 6) is 0. The molecule has 0 bridgehead atoms. The van der Waals surface area contributed by atoms with Crippen molar-refractivity contribution < 1.29 is 18.0 Å². The number of piperazine rings is 1. The Labute approximate surface area is 160 Å². The van der Waals surface area contributed by atoms with Crippen LogP contribution in [0.3, 0.4) is 0 Å². The van der Waals surface area contributed by atoms with Gasteiger partial charge in [-0.25, -0.2) is 4.79 Å². The van der Waals surface area contributed by atoms with Gasteiger partial charge in [0.25, 0.3) is 0 Å². The lowest BCUT2D eigenvalue weighted by atomic mass is 10.1. The van der Waals surface area contributed by atoms with E-state index in [9.17, 15) is 18.0 Å². The maximum atomic E-state index is 13.0. The molecule has 0 aromatic heterocycles. The molecule has 144 valence electrons. The minimum Gasteiger partial charge on any atom is -0.368 e. The first kappa shape index (κ1) is 19.4. The molecule has 1 N–H and O–H groups in total. The standard InChI is InChI=1S/C19H19ClF3N3O/c1-13-4-2-3-5-17(13)24-18(27)26-10-8-25(9-11-26)14-6-7-16(20)15(12-14)19(21,22)23/h2-7,12H,8-11H2,1H3,(H,24,27). The average molecular weight is 398 g/mol. The monoisotopic (exact) mass is 397 g/mol. The zero-order chi connectivity index (χ0) is 19.6. The van der Waals surface area contributed by atoms with Crippen LogP contribution in [0.1, 0.15) is 11.1 Å². The number of rotatable bonds is 2. The Hall–Kier alpha value is -2.41. The molecule has 2 aromatic rings. The fourth-order valence-electron chi connectivity index (χ4n) is 3.00. The summed E-state index contributed by atoms with van der Waals surface area (Å²) in [6.45, 7) is 3.63. The number of anilines is 2. The lowest BCUT2D eigenvalue weighted by Gasteiger charge is -2.36. The Morgan fingerprint density at radius 2 is 1.74 bits per heavy atom. The van der Waals surface area contributed by atoms with Gasteiger partial charge in [-0.3, -0.25) is 0 Å². The average Bonchev–Trinajstić information content (AvgIpc) is 2.63. The van der Waals surface area contributed by atoms with E-state index < -0.39 is 11.7 Å². The van der Waals surface area contributed by atoms with E-state index in [4.69, 9.17) is 11.6 Å². The SMILES string of the molecule is Cc1ccccc1NC(=O)N1CCN(c2ccc(Cl)c(C(F)(F)F)c2)CC1. The maximum absolute atomic E-state index is 13.0. The van der Waals surface area contributed by atoms with Crippen LogP contribution in [-0.4, -0.2) is 37.1 Å².